The van der Waals surface area contributed by atoms with Crippen molar-refractivity contribution in [1.82, 2.24) is 20.5 Å². The summed E-state index contributed by atoms with van der Waals surface area (Å²) in [6.07, 6.45) is 3.60. The van der Waals surface area contributed by atoms with Crippen molar-refractivity contribution in [3.8, 4) is 0 Å². The fourth-order valence-corrected chi connectivity index (χ4v) is 2.63. The molecule has 0 bridgehead atoms. The zero-order chi connectivity index (χ0) is 13.9. The van der Waals surface area contributed by atoms with E-state index < -0.39 is 0 Å². The van der Waals surface area contributed by atoms with E-state index in [1.54, 1.807) is 0 Å². The number of hydrogen-bond donors (Lipinski definition) is 2. The highest BCUT2D eigenvalue weighted by molar-refractivity contribution is 5.90. The Hall–Kier alpha value is -2.17. The quantitative estimate of drug-likeness (QED) is 0.891. The molecule has 0 fully saturated rings. The molecule has 1 aromatic carbocycles. The summed E-state index contributed by atoms with van der Waals surface area (Å²) in [5.74, 6) is 0.787. The molecule has 0 radical (unpaired) electrons. The Morgan fingerprint density at radius 1 is 1.40 bits per heavy atom. The zero-order valence-electron chi connectivity index (χ0n) is 11.5. The molecule has 104 valence electrons. The Morgan fingerprint density at radius 3 is 2.95 bits per heavy atom. The van der Waals surface area contributed by atoms with Crippen LogP contribution in [0.5, 0.6) is 0 Å². The Balaban J connectivity index is 1.66. The van der Waals surface area contributed by atoms with Gasteiger partial charge in [-0.1, -0.05) is 31.2 Å². The molecule has 0 spiro atoms. The summed E-state index contributed by atoms with van der Waals surface area (Å²) >= 11 is 0. The van der Waals surface area contributed by atoms with Crippen LogP contribution in [0.3, 0.4) is 0 Å². The molecule has 20 heavy (non-hydrogen) atoms. The number of aryl methyl sites for hydroxylation is 2. The molecule has 5 nitrogen and oxygen atoms in total. The van der Waals surface area contributed by atoms with Crippen LogP contribution in [0.2, 0.25) is 0 Å². The minimum atomic E-state index is -0.190. The average Bonchev–Trinajstić information content (AvgIpc) is 2.96. The average molecular weight is 270 g/mol. The van der Waals surface area contributed by atoms with E-state index in [4.69, 9.17) is 0 Å². The first kappa shape index (κ1) is 12.8. The summed E-state index contributed by atoms with van der Waals surface area (Å²) in [5.41, 5.74) is 2.72. The van der Waals surface area contributed by atoms with Crippen molar-refractivity contribution in [2.24, 2.45) is 0 Å². The number of carbonyl (C=O) groups is 1. The normalized spacial score (nSPS) is 17.6. The van der Waals surface area contributed by atoms with E-state index in [-0.39, 0.29) is 17.8 Å². The van der Waals surface area contributed by atoms with Gasteiger partial charge < -0.3 is 5.32 Å². The van der Waals surface area contributed by atoms with Crippen molar-refractivity contribution < 1.29 is 4.79 Å². The summed E-state index contributed by atoms with van der Waals surface area (Å²) in [5, 5.41) is 9.75. The molecule has 5 heteroatoms. The SMILES string of the molecule is CCc1nc(C(=O)NC2CCc3ccccc3C2)n[nH]1. The maximum absolute atomic E-state index is 12.1. The highest BCUT2D eigenvalue weighted by Gasteiger charge is 2.21. The first-order chi connectivity index (χ1) is 9.76. The summed E-state index contributed by atoms with van der Waals surface area (Å²) in [6, 6.07) is 8.58. The van der Waals surface area contributed by atoms with Gasteiger partial charge in [0.15, 0.2) is 0 Å². The predicted octanol–water partition coefficient (Wildman–Crippen LogP) is 1.65. The smallest absolute Gasteiger partial charge is 0.291 e. The van der Waals surface area contributed by atoms with Gasteiger partial charge in [0, 0.05) is 12.5 Å². The first-order valence-corrected chi connectivity index (χ1v) is 7.05. The number of nitrogens with one attached hydrogen (secondary N) is 2. The van der Waals surface area contributed by atoms with Crippen LogP contribution in [-0.2, 0) is 19.3 Å². The van der Waals surface area contributed by atoms with E-state index in [1.165, 1.54) is 11.1 Å². The molecule has 2 aromatic rings. The number of benzene rings is 1. The van der Waals surface area contributed by atoms with Gasteiger partial charge in [-0.3, -0.25) is 9.89 Å². The van der Waals surface area contributed by atoms with Crippen LogP contribution in [0.25, 0.3) is 0 Å². The van der Waals surface area contributed by atoms with E-state index in [1.807, 2.05) is 13.0 Å². The number of nitrogens with zero attached hydrogens (tertiary/aromatic N) is 2. The van der Waals surface area contributed by atoms with Gasteiger partial charge in [0.05, 0.1) is 0 Å². The topological polar surface area (TPSA) is 70.7 Å². The second kappa shape index (κ2) is 5.45. The lowest BCUT2D eigenvalue weighted by Crippen LogP contribution is -2.39. The Morgan fingerprint density at radius 2 is 2.20 bits per heavy atom. The minimum Gasteiger partial charge on any atom is -0.346 e. The van der Waals surface area contributed by atoms with Crippen LogP contribution >= 0.6 is 0 Å². The molecular weight excluding hydrogens is 252 g/mol. The van der Waals surface area contributed by atoms with Gasteiger partial charge in [-0.2, -0.15) is 0 Å². The number of fused-ring (bicyclic) bond motifs is 1. The summed E-state index contributed by atoms with van der Waals surface area (Å²) < 4.78 is 0. The largest absolute Gasteiger partial charge is 0.346 e. The number of rotatable bonds is 3. The lowest BCUT2D eigenvalue weighted by molar-refractivity contribution is 0.0923. The third kappa shape index (κ3) is 2.57. The van der Waals surface area contributed by atoms with Crippen molar-refractivity contribution in [3.05, 3.63) is 47.0 Å². The minimum absolute atomic E-state index is 0.168. The highest BCUT2D eigenvalue weighted by atomic mass is 16.2. The Bertz CT molecular complexity index is 620. The molecule has 2 N–H and O–H groups in total. The number of H-pyrrole nitrogens is 1. The molecule has 0 aliphatic heterocycles. The van der Waals surface area contributed by atoms with E-state index in [0.29, 0.717) is 0 Å². The van der Waals surface area contributed by atoms with Gasteiger partial charge in [-0.15, -0.1) is 5.10 Å². The lowest BCUT2D eigenvalue weighted by Gasteiger charge is -2.24. The fraction of sp³-hybridized carbons (Fsp3) is 0.400. The van der Waals surface area contributed by atoms with Crippen molar-refractivity contribution in [3.63, 3.8) is 0 Å². The summed E-state index contributed by atoms with van der Waals surface area (Å²) in [6.45, 7) is 1.97. The van der Waals surface area contributed by atoms with E-state index >= 15 is 0 Å². The highest BCUT2D eigenvalue weighted by Crippen LogP contribution is 2.21. The van der Waals surface area contributed by atoms with E-state index in [9.17, 15) is 4.79 Å². The molecule has 1 aliphatic carbocycles. The fourth-order valence-electron chi connectivity index (χ4n) is 2.63. The third-order valence-corrected chi connectivity index (χ3v) is 3.75. The summed E-state index contributed by atoms with van der Waals surface area (Å²) in [7, 11) is 0. The second-order valence-electron chi connectivity index (χ2n) is 5.14. The molecule has 1 amide bonds. The summed E-state index contributed by atoms with van der Waals surface area (Å²) in [4.78, 5) is 16.3. The predicted molar refractivity (Wildman–Crippen MR) is 75.5 cm³/mol. The number of aromatic amines is 1. The van der Waals surface area contributed by atoms with Crippen LogP contribution in [0.4, 0.5) is 0 Å². The van der Waals surface area contributed by atoms with Crippen LogP contribution in [-0.4, -0.2) is 27.1 Å². The molecule has 0 saturated carbocycles. The van der Waals surface area contributed by atoms with Gasteiger partial charge in [-0.25, -0.2) is 4.98 Å². The second-order valence-corrected chi connectivity index (χ2v) is 5.14. The zero-order valence-corrected chi connectivity index (χ0v) is 11.5. The van der Waals surface area contributed by atoms with Crippen molar-refractivity contribution in [2.45, 2.75) is 38.6 Å². The maximum Gasteiger partial charge on any atom is 0.291 e. The van der Waals surface area contributed by atoms with Gasteiger partial charge in [0.1, 0.15) is 5.82 Å². The Labute approximate surface area is 117 Å². The molecule has 0 saturated heterocycles. The van der Waals surface area contributed by atoms with Crippen LogP contribution in [0.1, 0.15) is 40.9 Å². The van der Waals surface area contributed by atoms with Crippen LogP contribution < -0.4 is 5.32 Å². The van der Waals surface area contributed by atoms with Crippen LogP contribution in [0.15, 0.2) is 24.3 Å². The lowest BCUT2D eigenvalue weighted by atomic mass is 9.88. The number of hydrogen-bond acceptors (Lipinski definition) is 3. The third-order valence-electron chi connectivity index (χ3n) is 3.75. The standard InChI is InChI=1S/C15H18N4O/c1-2-13-17-14(19-18-13)15(20)16-12-8-7-10-5-3-4-6-11(10)9-12/h3-6,12H,2,7-9H2,1H3,(H,16,20)(H,17,18,19). The maximum atomic E-state index is 12.1. The van der Waals surface area contributed by atoms with Gasteiger partial charge >= 0.3 is 0 Å². The van der Waals surface area contributed by atoms with Gasteiger partial charge in [0.2, 0.25) is 5.82 Å². The molecule has 1 unspecified atom stereocenters. The molecule has 3 rings (SSSR count). The van der Waals surface area contributed by atoms with Gasteiger partial charge in [-0.05, 0) is 30.4 Å². The van der Waals surface area contributed by atoms with Crippen molar-refractivity contribution >= 4 is 5.91 Å². The molecule has 1 heterocycles. The number of aromatic nitrogens is 3. The van der Waals surface area contributed by atoms with Crippen LogP contribution in [0, 0.1) is 0 Å². The molecular formula is C15H18N4O. The first-order valence-electron chi connectivity index (χ1n) is 7.05. The molecule has 1 aromatic heterocycles. The van der Waals surface area contributed by atoms with Crippen molar-refractivity contribution in [1.29, 1.82) is 0 Å². The van der Waals surface area contributed by atoms with Crippen molar-refractivity contribution in [2.75, 3.05) is 0 Å². The number of amides is 1. The Kier molecular flexibility index (Phi) is 3.50. The van der Waals surface area contributed by atoms with E-state index in [0.717, 1.165) is 31.5 Å². The van der Waals surface area contributed by atoms with Gasteiger partial charge in [0.25, 0.3) is 5.91 Å². The monoisotopic (exact) mass is 270 g/mol. The molecule has 1 aliphatic rings. The van der Waals surface area contributed by atoms with E-state index in [2.05, 4.69) is 38.7 Å². The number of carbonyl (C=O) groups excluding carboxylic acids is 1. The molecule has 1 atom stereocenters.